The van der Waals surface area contributed by atoms with E-state index in [9.17, 15) is 18.2 Å². The van der Waals surface area contributed by atoms with Crippen LogP contribution in [0.25, 0.3) is 39.4 Å². The van der Waals surface area contributed by atoms with E-state index in [1.165, 1.54) is 0 Å². The van der Waals surface area contributed by atoms with Gasteiger partial charge in [0.25, 0.3) is 5.52 Å². The summed E-state index contributed by atoms with van der Waals surface area (Å²) in [6, 6.07) is 32.0. The summed E-state index contributed by atoms with van der Waals surface area (Å²) in [5.74, 6) is 1.68. The number of hydroxylamine groups is 2. The van der Waals surface area contributed by atoms with Crippen LogP contribution in [0.1, 0.15) is 38.5 Å². The number of nitrogens with zero attached hydrogens (tertiary/aromatic N) is 3. The number of fused-ring (bicyclic) bond motifs is 2. The molecule has 0 atom stereocenters. The first-order valence-electron chi connectivity index (χ1n) is 17.8. The molecule has 53 heavy (non-hydrogen) atoms. The number of aryl methyl sites for hydroxylation is 1. The molecule has 7 rings (SSSR count). The van der Waals surface area contributed by atoms with Crippen molar-refractivity contribution in [3.8, 4) is 28.0 Å². The van der Waals surface area contributed by atoms with Gasteiger partial charge in [-0.2, -0.15) is 4.57 Å². The van der Waals surface area contributed by atoms with Gasteiger partial charge in [-0.15, -0.1) is 0 Å². The van der Waals surface area contributed by atoms with Gasteiger partial charge >= 0.3 is 5.89 Å². The molecular formula is C40H42N3O8S2+. The topological polar surface area (TPSA) is 125 Å². The van der Waals surface area contributed by atoms with Gasteiger partial charge in [0.15, 0.2) is 12.3 Å². The van der Waals surface area contributed by atoms with Crippen molar-refractivity contribution in [2.45, 2.75) is 39.2 Å². The molecule has 0 bridgehead atoms. The minimum absolute atomic E-state index is 0.0658. The third kappa shape index (κ3) is 8.68. The molecular weight excluding hydrogens is 715 g/mol. The lowest BCUT2D eigenvalue weighted by Gasteiger charge is -2.32. The standard InChI is InChI=1S/C40H41N3O8S2/c1-2-30(27-40-42(21-25-53(45,46)47)36-29-34(17-19-38(36)49-40)32-14-8-4-9-15-32)26-39-41(20-24-52-43(50-51-44)22-10-5-11-23-43)35-28-33(16-18-37(35)48-39)31-12-6-3-7-13-31/h3-4,6-9,12-19,26-29H,2,5,10-11,20-25H2,1H3/p+1. The molecule has 4 aromatic carbocycles. The van der Waals surface area contributed by atoms with E-state index in [-0.39, 0.29) is 10.6 Å². The Labute approximate surface area is 313 Å². The van der Waals surface area contributed by atoms with Crippen molar-refractivity contribution in [3.05, 3.63) is 120 Å². The second-order valence-corrected chi connectivity index (χ2v) is 15.9. The number of piperidine rings is 1. The average Bonchev–Trinajstić information content (AvgIpc) is 3.70. The molecule has 0 saturated carbocycles. The maximum absolute atomic E-state index is 11.8. The van der Waals surface area contributed by atoms with Crippen molar-refractivity contribution in [1.29, 1.82) is 0 Å². The van der Waals surface area contributed by atoms with Gasteiger partial charge in [0, 0.05) is 36.5 Å². The average molecular weight is 757 g/mol. The van der Waals surface area contributed by atoms with Crippen LogP contribution in [0, 0.1) is 0 Å². The van der Waals surface area contributed by atoms with Gasteiger partial charge in [-0.1, -0.05) is 83.8 Å². The SMILES string of the molecule is CCC(=Cc1oc2ccc(-c3ccccc3)cc2[n+]1CCS[N+]1(OOO)CCCCC1)C=C1Oc2ccc(-c3ccccc3)cc2N1CCS(=O)(=O)[O-]. The Kier molecular flexibility index (Phi) is 11.3. The Balaban J connectivity index is 1.25. The molecule has 0 aliphatic carbocycles. The quantitative estimate of drug-likeness (QED) is 0.0297. The van der Waals surface area contributed by atoms with Crippen molar-refractivity contribution < 1.29 is 46.0 Å². The zero-order chi connectivity index (χ0) is 36.8. The number of hydrogen-bond donors (Lipinski definition) is 1. The predicted molar refractivity (Wildman–Crippen MR) is 204 cm³/mol. The first-order valence-corrected chi connectivity index (χ1v) is 20.3. The van der Waals surface area contributed by atoms with E-state index >= 15 is 0 Å². The Morgan fingerprint density at radius 3 is 2.28 bits per heavy atom. The third-order valence-corrected chi connectivity index (χ3v) is 11.5. The third-order valence-electron chi connectivity index (χ3n) is 9.57. The van der Waals surface area contributed by atoms with Crippen molar-refractivity contribution in [2.24, 2.45) is 0 Å². The lowest BCUT2D eigenvalue weighted by atomic mass is 10.0. The maximum atomic E-state index is 11.8. The van der Waals surface area contributed by atoms with Crippen LogP contribution >= 0.6 is 11.9 Å². The Morgan fingerprint density at radius 1 is 0.943 bits per heavy atom. The smallest absolute Gasteiger partial charge is 0.374 e. The molecule has 0 unspecified atom stereocenters. The fourth-order valence-electron chi connectivity index (χ4n) is 6.84. The Bertz CT molecular complexity index is 2210. The first-order chi connectivity index (χ1) is 25.7. The zero-order valence-corrected chi connectivity index (χ0v) is 31.1. The maximum Gasteiger partial charge on any atom is 0.374 e. The van der Waals surface area contributed by atoms with Crippen molar-refractivity contribution in [2.75, 3.05) is 36.0 Å². The second-order valence-electron chi connectivity index (χ2n) is 13.1. The van der Waals surface area contributed by atoms with Crippen molar-refractivity contribution >= 4 is 44.9 Å². The number of allylic oxidation sites excluding steroid dienone is 2. The second kappa shape index (κ2) is 16.3. The van der Waals surface area contributed by atoms with Gasteiger partial charge in [0.2, 0.25) is 11.5 Å². The summed E-state index contributed by atoms with van der Waals surface area (Å²) in [4.78, 5) is 7.13. The van der Waals surface area contributed by atoms with Crippen LogP contribution in [0.2, 0.25) is 0 Å². The molecule has 2 aliphatic heterocycles. The van der Waals surface area contributed by atoms with E-state index < -0.39 is 15.9 Å². The number of hydrogen-bond acceptors (Lipinski definition) is 10. The number of benzene rings is 4. The summed E-state index contributed by atoms with van der Waals surface area (Å²) >= 11 is 1.57. The zero-order valence-electron chi connectivity index (χ0n) is 29.4. The van der Waals surface area contributed by atoms with E-state index in [4.69, 9.17) is 14.1 Å². The molecule has 1 saturated heterocycles. The van der Waals surface area contributed by atoms with E-state index in [1.54, 1.807) is 16.8 Å². The molecule has 0 radical (unpaired) electrons. The van der Waals surface area contributed by atoms with Gasteiger partial charge in [0.1, 0.15) is 30.8 Å². The minimum Gasteiger partial charge on any atom is -0.748 e. The lowest BCUT2D eigenvalue weighted by molar-refractivity contribution is -1.08. The van der Waals surface area contributed by atoms with Crippen LogP contribution in [0.15, 0.2) is 119 Å². The molecule has 1 N–H and O–H groups in total. The Morgan fingerprint density at radius 2 is 1.62 bits per heavy atom. The Hall–Kier alpha value is -4.47. The van der Waals surface area contributed by atoms with E-state index in [0.717, 1.165) is 71.3 Å². The van der Waals surface area contributed by atoms with Gasteiger partial charge < -0.3 is 18.6 Å². The summed E-state index contributed by atoms with van der Waals surface area (Å²) in [6.07, 6.45) is 7.51. The summed E-state index contributed by atoms with van der Waals surface area (Å²) in [5, 5.41) is 13.4. The molecule has 0 spiro atoms. The van der Waals surface area contributed by atoms with Crippen LogP contribution in [-0.2, 0) is 26.7 Å². The van der Waals surface area contributed by atoms with Crippen LogP contribution in [0.4, 0.5) is 5.69 Å². The molecule has 13 heteroatoms. The number of anilines is 1. The molecule has 2 aliphatic rings. The molecule has 5 aromatic rings. The van der Waals surface area contributed by atoms with Gasteiger partial charge in [-0.25, -0.2) is 13.7 Å². The number of quaternary nitrogens is 1. The minimum atomic E-state index is -4.49. The molecule has 276 valence electrons. The number of rotatable bonds is 14. The normalized spacial score (nSPS) is 16.6. The van der Waals surface area contributed by atoms with Crippen LogP contribution in [0.5, 0.6) is 5.75 Å². The summed E-state index contributed by atoms with van der Waals surface area (Å²) in [7, 11) is -4.49. The van der Waals surface area contributed by atoms with Gasteiger partial charge in [0.05, 0.1) is 27.6 Å². The fraction of sp³-hybridized carbons (Fsp3) is 0.275. The summed E-state index contributed by atoms with van der Waals surface area (Å²) < 4.78 is 50.5. The van der Waals surface area contributed by atoms with Crippen LogP contribution in [-0.4, -0.2) is 53.4 Å². The first kappa shape index (κ1) is 36.9. The van der Waals surface area contributed by atoms with E-state index in [0.29, 0.717) is 41.9 Å². The van der Waals surface area contributed by atoms with Crippen molar-refractivity contribution in [3.63, 3.8) is 0 Å². The molecule has 0 amide bonds. The number of aromatic nitrogens is 1. The molecule has 1 fully saturated rings. The summed E-state index contributed by atoms with van der Waals surface area (Å²) in [6.45, 7) is 3.98. The largest absolute Gasteiger partial charge is 0.748 e. The molecule has 11 nitrogen and oxygen atoms in total. The van der Waals surface area contributed by atoms with E-state index in [1.807, 2.05) is 97.9 Å². The highest BCUT2D eigenvalue weighted by atomic mass is 32.2. The highest BCUT2D eigenvalue weighted by Gasteiger charge is 2.37. The summed E-state index contributed by atoms with van der Waals surface area (Å²) in [5.41, 5.74) is 7.29. The van der Waals surface area contributed by atoms with Crippen LogP contribution < -0.4 is 14.2 Å². The predicted octanol–water partition coefficient (Wildman–Crippen LogP) is 8.12. The van der Waals surface area contributed by atoms with E-state index in [2.05, 4.69) is 27.8 Å². The molecule has 1 aromatic heterocycles. The van der Waals surface area contributed by atoms with Gasteiger partial charge in [-0.3, -0.25) is 0 Å². The monoisotopic (exact) mass is 756 g/mol. The highest BCUT2D eigenvalue weighted by molar-refractivity contribution is 7.93. The van der Waals surface area contributed by atoms with Crippen molar-refractivity contribution in [1.82, 2.24) is 0 Å². The highest BCUT2D eigenvalue weighted by Crippen LogP contribution is 2.42. The fourth-order valence-corrected chi connectivity index (χ4v) is 8.43. The molecule has 3 heterocycles. The lowest BCUT2D eigenvalue weighted by Crippen LogP contribution is -2.46. The van der Waals surface area contributed by atoms with Crippen LogP contribution in [0.3, 0.4) is 0 Å². The number of ether oxygens (including phenoxy) is 1. The van der Waals surface area contributed by atoms with Gasteiger partial charge in [-0.05, 0) is 63.9 Å². The number of oxazole rings is 1.